The van der Waals surface area contributed by atoms with E-state index in [1.165, 1.54) is 17.1 Å². The van der Waals surface area contributed by atoms with Gasteiger partial charge in [0.05, 0.1) is 5.75 Å². The molecule has 8 heteroatoms. The van der Waals surface area contributed by atoms with Gasteiger partial charge >= 0.3 is 0 Å². The molecule has 1 fully saturated rings. The molecule has 21 heavy (non-hydrogen) atoms. The van der Waals surface area contributed by atoms with Crippen LogP contribution in [0, 0.1) is 5.92 Å². The largest absolute Gasteiger partial charge is 0.303 e. The van der Waals surface area contributed by atoms with Crippen LogP contribution in [0.5, 0.6) is 0 Å². The summed E-state index contributed by atoms with van der Waals surface area (Å²) in [4.78, 5) is 6.34. The number of hydrogen-bond acceptors (Lipinski definition) is 5. The summed E-state index contributed by atoms with van der Waals surface area (Å²) in [5, 5.41) is 4.15. The first-order valence-corrected chi connectivity index (χ1v) is 9.03. The Hall–Kier alpha value is -0.990. The lowest BCUT2D eigenvalue weighted by atomic mass is 9.98. The van der Waals surface area contributed by atoms with E-state index in [-0.39, 0.29) is 5.75 Å². The lowest BCUT2D eigenvalue weighted by Gasteiger charge is -2.32. The molecule has 0 unspecified atom stereocenters. The Morgan fingerprint density at radius 3 is 2.86 bits per heavy atom. The van der Waals surface area contributed by atoms with Crippen molar-refractivity contribution >= 4 is 10.0 Å². The molecule has 2 heterocycles. The van der Waals surface area contributed by atoms with Crippen LogP contribution >= 0.6 is 0 Å². The molecule has 0 saturated carbocycles. The van der Waals surface area contributed by atoms with E-state index < -0.39 is 10.0 Å². The van der Waals surface area contributed by atoms with Crippen molar-refractivity contribution in [2.45, 2.75) is 25.8 Å². The minimum Gasteiger partial charge on any atom is -0.303 e. The molecular formula is C13H25N5O2S. The molecular weight excluding hydrogens is 290 g/mol. The Morgan fingerprint density at radius 2 is 2.19 bits per heavy atom. The summed E-state index contributed by atoms with van der Waals surface area (Å²) < 4.78 is 26.7. The topological polar surface area (TPSA) is 71.3 Å². The first kappa shape index (κ1) is 16.4. The first-order valence-electron chi connectivity index (χ1n) is 7.42. The minimum absolute atomic E-state index is 0.226. The summed E-state index contributed by atoms with van der Waals surface area (Å²) in [6, 6.07) is 0. The average Bonchev–Trinajstić information content (AvgIpc) is 2.91. The van der Waals surface area contributed by atoms with Gasteiger partial charge in [0.15, 0.2) is 0 Å². The third-order valence-electron chi connectivity index (χ3n) is 3.95. The summed E-state index contributed by atoms with van der Waals surface area (Å²) in [5.41, 5.74) is 0. The fourth-order valence-corrected chi connectivity index (χ4v) is 3.61. The molecule has 0 aromatic carbocycles. The van der Waals surface area contributed by atoms with Crippen molar-refractivity contribution < 1.29 is 8.42 Å². The van der Waals surface area contributed by atoms with Crippen molar-refractivity contribution in [3.05, 3.63) is 12.7 Å². The molecule has 0 amide bonds. The van der Waals surface area contributed by atoms with Crippen molar-refractivity contribution in [2.75, 3.05) is 39.5 Å². The van der Waals surface area contributed by atoms with E-state index >= 15 is 0 Å². The van der Waals surface area contributed by atoms with Crippen molar-refractivity contribution in [3.63, 3.8) is 0 Å². The predicted molar refractivity (Wildman–Crippen MR) is 81.3 cm³/mol. The van der Waals surface area contributed by atoms with Gasteiger partial charge in [-0.15, -0.1) is 0 Å². The molecule has 0 radical (unpaired) electrons. The second-order valence-electron chi connectivity index (χ2n) is 5.88. The number of sulfonamides is 1. The highest BCUT2D eigenvalue weighted by atomic mass is 32.2. The van der Waals surface area contributed by atoms with E-state index in [4.69, 9.17) is 0 Å². The van der Waals surface area contributed by atoms with Crippen molar-refractivity contribution in [1.82, 2.24) is 24.0 Å². The van der Waals surface area contributed by atoms with E-state index in [1.807, 2.05) is 4.68 Å². The fraction of sp³-hybridized carbons (Fsp3) is 0.846. The van der Waals surface area contributed by atoms with E-state index in [1.54, 1.807) is 26.7 Å². The molecule has 0 N–H and O–H groups in total. The van der Waals surface area contributed by atoms with Gasteiger partial charge in [-0.1, -0.05) is 0 Å². The molecule has 1 aliphatic rings. The maximum absolute atomic E-state index is 11.7. The average molecular weight is 315 g/mol. The van der Waals surface area contributed by atoms with Crippen LogP contribution in [0.2, 0.25) is 0 Å². The fourth-order valence-electron chi connectivity index (χ4n) is 2.75. The third kappa shape index (κ3) is 5.05. The minimum atomic E-state index is -3.07. The third-order valence-corrected chi connectivity index (χ3v) is 5.87. The number of piperidine rings is 1. The van der Waals surface area contributed by atoms with Crippen LogP contribution in [0.3, 0.4) is 0 Å². The molecule has 0 bridgehead atoms. The molecule has 0 aliphatic carbocycles. The van der Waals surface area contributed by atoms with E-state index in [2.05, 4.69) is 15.0 Å². The lowest BCUT2D eigenvalue weighted by Crippen LogP contribution is -2.38. The highest BCUT2D eigenvalue weighted by Crippen LogP contribution is 2.18. The SMILES string of the molecule is CN(C)S(=O)(=O)CCCN1CCC[C@@H](Cn2cncn2)C1. The van der Waals surface area contributed by atoms with Gasteiger partial charge in [0.2, 0.25) is 10.0 Å². The zero-order valence-electron chi connectivity index (χ0n) is 12.8. The molecule has 1 atom stereocenters. The molecule has 1 saturated heterocycles. The maximum Gasteiger partial charge on any atom is 0.213 e. The van der Waals surface area contributed by atoms with E-state index in [0.29, 0.717) is 12.3 Å². The van der Waals surface area contributed by atoms with Crippen molar-refractivity contribution in [3.8, 4) is 0 Å². The number of likely N-dealkylation sites (tertiary alicyclic amines) is 1. The van der Waals surface area contributed by atoms with Gasteiger partial charge in [-0.3, -0.25) is 4.68 Å². The zero-order chi connectivity index (χ0) is 15.3. The Labute approximate surface area is 127 Å². The summed E-state index contributed by atoms with van der Waals surface area (Å²) >= 11 is 0. The van der Waals surface area contributed by atoms with Gasteiger partial charge in [0.1, 0.15) is 12.7 Å². The summed E-state index contributed by atoms with van der Waals surface area (Å²) in [6.07, 6.45) is 6.37. The molecule has 0 spiro atoms. The number of nitrogens with zero attached hydrogens (tertiary/aromatic N) is 5. The molecule has 1 aliphatic heterocycles. The second-order valence-corrected chi connectivity index (χ2v) is 8.18. The zero-order valence-corrected chi connectivity index (χ0v) is 13.7. The monoisotopic (exact) mass is 315 g/mol. The Balaban J connectivity index is 1.74. The number of rotatable bonds is 7. The first-order chi connectivity index (χ1) is 9.97. The van der Waals surface area contributed by atoms with Crippen LogP contribution < -0.4 is 0 Å². The van der Waals surface area contributed by atoms with E-state index in [0.717, 1.165) is 26.2 Å². The maximum atomic E-state index is 11.7. The highest BCUT2D eigenvalue weighted by molar-refractivity contribution is 7.89. The van der Waals surface area contributed by atoms with Crippen LogP contribution in [-0.4, -0.2) is 71.9 Å². The van der Waals surface area contributed by atoms with Gasteiger partial charge in [0.25, 0.3) is 0 Å². The van der Waals surface area contributed by atoms with Crippen LogP contribution in [0.25, 0.3) is 0 Å². The van der Waals surface area contributed by atoms with Crippen LogP contribution in [0.15, 0.2) is 12.7 Å². The smallest absolute Gasteiger partial charge is 0.213 e. The molecule has 2 rings (SSSR count). The lowest BCUT2D eigenvalue weighted by molar-refractivity contribution is 0.160. The Kier molecular flexibility index (Phi) is 5.72. The van der Waals surface area contributed by atoms with Crippen LogP contribution in [0.4, 0.5) is 0 Å². The standard InChI is InChI=1S/C13H25N5O2S/c1-16(2)21(19,20)8-4-7-17-6-3-5-13(9-17)10-18-12-14-11-15-18/h11-13H,3-10H2,1-2H3/t13-/m1/s1. The van der Waals surface area contributed by atoms with Gasteiger partial charge in [0, 0.05) is 27.2 Å². The summed E-state index contributed by atoms with van der Waals surface area (Å²) in [6.45, 7) is 3.82. The summed E-state index contributed by atoms with van der Waals surface area (Å²) in [5.74, 6) is 0.801. The molecule has 120 valence electrons. The van der Waals surface area contributed by atoms with Gasteiger partial charge < -0.3 is 4.90 Å². The van der Waals surface area contributed by atoms with Crippen LogP contribution in [0.1, 0.15) is 19.3 Å². The van der Waals surface area contributed by atoms with E-state index in [9.17, 15) is 8.42 Å². The quantitative estimate of drug-likeness (QED) is 0.722. The normalized spacial score (nSPS) is 21.0. The van der Waals surface area contributed by atoms with Crippen molar-refractivity contribution in [1.29, 1.82) is 0 Å². The second kappa shape index (κ2) is 7.33. The van der Waals surface area contributed by atoms with Gasteiger partial charge in [-0.2, -0.15) is 5.10 Å². The number of hydrogen-bond donors (Lipinski definition) is 0. The van der Waals surface area contributed by atoms with Crippen molar-refractivity contribution in [2.24, 2.45) is 5.92 Å². The number of aromatic nitrogens is 3. The molecule has 1 aromatic heterocycles. The predicted octanol–water partition coefficient (Wildman–Crippen LogP) is 0.272. The Morgan fingerprint density at radius 1 is 1.38 bits per heavy atom. The van der Waals surface area contributed by atoms with Gasteiger partial charge in [-0.05, 0) is 38.3 Å². The molecule has 7 nitrogen and oxygen atoms in total. The van der Waals surface area contributed by atoms with Crippen LogP contribution in [-0.2, 0) is 16.6 Å². The Bertz CT molecular complexity index is 515. The summed E-state index contributed by atoms with van der Waals surface area (Å²) in [7, 11) is 0.106. The molecule has 1 aromatic rings. The van der Waals surface area contributed by atoms with Gasteiger partial charge in [-0.25, -0.2) is 17.7 Å². The highest BCUT2D eigenvalue weighted by Gasteiger charge is 2.21.